The number of carbonyl (C=O) groups excluding carboxylic acids is 1. The van der Waals surface area contributed by atoms with Crippen molar-refractivity contribution in [2.45, 2.75) is 6.54 Å². The standard InChI is InChI=1S/C11H10N2O4S/c1-17-11(14)10-8(4-6-18-10)7-12-5-2-3-9(12)13(15)16/h2-6H,7H2,1H3. The smallest absolute Gasteiger partial charge is 0.348 e. The average Bonchev–Trinajstić information content (AvgIpc) is 2.97. The minimum atomic E-state index is -0.454. The summed E-state index contributed by atoms with van der Waals surface area (Å²) in [5.74, 6) is -0.424. The molecule has 0 fully saturated rings. The van der Waals surface area contributed by atoms with E-state index in [0.29, 0.717) is 10.4 Å². The third-order valence-corrected chi connectivity index (χ3v) is 3.39. The first-order valence-electron chi connectivity index (χ1n) is 5.07. The number of thiophene rings is 1. The van der Waals surface area contributed by atoms with Gasteiger partial charge < -0.3 is 14.9 Å². The molecular formula is C11H10N2O4S. The molecule has 0 bridgehead atoms. The minimum Gasteiger partial charge on any atom is -0.465 e. The predicted octanol–water partition coefficient (Wildman–Crippen LogP) is 2.29. The topological polar surface area (TPSA) is 74.4 Å². The highest BCUT2D eigenvalue weighted by Crippen LogP contribution is 2.21. The Balaban J connectivity index is 2.29. The van der Waals surface area contributed by atoms with Crippen LogP contribution in [0.2, 0.25) is 0 Å². The molecule has 0 aliphatic heterocycles. The molecule has 18 heavy (non-hydrogen) atoms. The van der Waals surface area contributed by atoms with Gasteiger partial charge in [-0.15, -0.1) is 11.3 Å². The Morgan fingerprint density at radius 3 is 3.00 bits per heavy atom. The lowest BCUT2D eigenvalue weighted by atomic mass is 10.2. The molecule has 2 aromatic rings. The first-order valence-corrected chi connectivity index (χ1v) is 5.95. The quantitative estimate of drug-likeness (QED) is 0.483. The maximum atomic E-state index is 11.5. The van der Waals surface area contributed by atoms with Crippen LogP contribution in [0.3, 0.4) is 0 Å². The lowest BCUT2D eigenvalue weighted by molar-refractivity contribution is -0.391. The number of methoxy groups -OCH3 is 1. The monoisotopic (exact) mass is 266 g/mol. The molecule has 0 spiro atoms. The Labute approximate surface area is 107 Å². The molecule has 0 saturated heterocycles. The second-order valence-electron chi connectivity index (χ2n) is 3.52. The molecule has 94 valence electrons. The zero-order chi connectivity index (χ0) is 13.1. The zero-order valence-corrected chi connectivity index (χ0v) is 10.3. The number of hydrogen-bond donors (Lipinski definition) is 0. The normalized spacial score (nSPS) is 10.3. The van der Waals surface area contributed by atoms with E-state index in [1.165, 1.54) is 29.1 Å². The van der Waals surface area contributed by atoms with Crippen molar-refractivity contribution < 1.29 is 14.5 Å². The van der Waals surface area contributed by atoms with Crippen LogP contribution in [0.25, 0.3) is 0 Å². The summed E-state index contributed by atoms with van der Waals surface area (Å²) in [6.45, 7) is 0.275. The average molecular weight is 266 g/mol. The van der Waals surface area contributed by atoms with Gasteiger partial charge in [-0.1, -0.05) is 0 Å². The van der Waals surface area contributed by atoms with Gasteiger partial charge in [0.15, 0.2) is 0 Å². The van der Waals surface area contributed by atoms with E-state index in [9.17, 15) is 14.9 Å². The van der Waals surface area contributed by atoms with E-state index in [4.69, 9.17) is 0 Å². The van der Waals surface area contributed by atoms with Crippen molar-refractivity contribution in [1.82, 2.24) is 4.57 Å². The van der Waals surface area contributed by atoms with Crippen LogP contribution in [0, 0.1) is 10.1 Å². The maximum Gasteiger partial charge on any atom is 0.348 e. The number of aromatic nitrogens is 1. The molecule has 0 amide bonds. The summed E-state index contributed by atoms with van der Waals surface area (Å²) >= 11 is 1.26. The summed E-state index contributed by atoms with van der Waals surface area (Å²) in [7, 11) is 1.31. The van der Waals surface area contributed by atoms with Crippen molar-refractivity contribution in [3.8, 4) is 0 Å². The highest BCUT2D eigenvalue weighted by Gasteiger charge is 2.18. The number of esters is 1. The highest BCUT2D eigenvalue weighted by atomic mass is 32.1. The Kier molecular flexibility index (Phi) is 3.42. The number of hydrogen-bond acceptors (Lipinski definition) is 5. The predicted molar refractivity (Wildman–Crippen MR) is 65.8 cm³/mol. The van der Waals surface area contributed by atoms with E-state index in [0.717, 1.165) is 0 Å². The van der Waals surface area contributed by atoms with Crippen LogP contribution in [0.4, 0.5) is 5.82 Å². The van der Waals surface area contributed by atoms with Crippen LogP contribution < -0.4 is 0 Å². The summed E-state index contributed by atoms with van der Waals surface area (Å²) in [5.41, 5.74) is 0.714. The number of carbonyl (C=O) groups is 1. The van der Waals surface area contributed by atoms with Gasteiger partial charge in [-0.3, -0.25) is 0 Å². The van der Waals surface area contributed by atoms with Gasteiger partial charge in [0.25, 0.3) is 0 Å². The lowest BCUT2D eigenvalue weighted by Gasteiger charge is -2.02. The lowest BCUT2D eigenvalue weighted by Crippen LogP contribution is -2.07. The van der Waals surface area contributed by atoms with Crippen LogP contribution >= 0.6 is 11.3 Å². The first kappa shape index (κ1) is 12.3. The summed E-state index contributed by atoms with van der Waals surface area (Å²) in [4.78, 5) is 22.3. The highest BCUT2D eigenvalue weighted by molar-refractivity contribution is 7.12. The van der Waals surface area contributed by atoms with E-state index in [-0.39, 0.29) is 12.4 Å². The number of nitrogens with zero attached hydrogens (tertiary/aromatic N) is 2. The Hall–Kier alpha value is -2.15. The second kappa shape index (κ2) is 5.01. The summed E-state index contributed by atoms with van der Waals surface area (Å²) in [5, 5.41) is 12.5. The van der Waals surface area contributed by atoms with Gasteiger partial charge in [0, 0.05) is 11.6 Å². The van der Waals surface area contributed by atoms with Gasteiger partial charge in [-0.05, 0) is 22.4 Å². The van der Waals surface area contributed by atoms with Gasteiger partial charge in [0.2, 0.25) is 0 Å². The van der Waals surface area contributed by atoms with Gasteiger partial charge in [-0.25, -0.2) is 9.36 Å². The fourth-order valence-electron chi connectivity index (χ4n) is 1.62. The second-order valence-corrected chi connectivity index (χ2v) is 4.43. The van der Waals surface area contributed by atoms with Crippen molar-refractivity contribution in [3.05, 3.63) is 50.3 Å². The van der Waals surface area contributed by atoms with Crippen molar-refractivity contribution >= 4 is 23.1 Å². The largest absolute Gasteiger partial charge is 0.465 e. The SMILES string of the molecule is COC(=O)c1sccc1Cn1cccc1[N+](=O)[O-]. The molecule has 2 aromatic heterocycles. The van der Waals surface area contributed by atoms with Crippen molar-refractivity contribution in [1.29, 1.82) is 0 Å². The van der Waals surface area contributed by atoms with Gasteiger partial charge in [0.1, 0.15) is 11.4 Å². The van der Waals surface area contributed by atoms with Crippen LogP contribution in [0.15, 0.2) is 29.8 Å². The Morgan fingerprint density at radius 1 is 1.56 bits per heavy atom. The first-order chi connectivity index (χ1) is 8.63. The molecule has 0 aromatic carbocycles. The minimum absolute atomic E-state index is 0.00276. The number of rotatable bonds is 4. The summed E-state index contributed by atoms with van der Waals surface area (Å²) < 4.78 is 6.14. The fraction of sp³-hybridized carbons (Fsp3) is 0.182. The van der Waals surface area contributed by atoms with E-state index < -0.39 is 10.9 Å². The summed E-state index contributed by atoms with van der Waals surface area (Å²) in [6, 6.07) is 4.78. The van der Waals surface area contributed by atoms with E-state index in [2.05, 4.69) is 4.74 Å². The molecule has 0 radical (unpaired) electrons. The molecule has 0 saturated carbocycles. The van der Waals surface area contributed by atoms with Crippen LogP contribution in [-0.2, 0) is 11.3 Å². The number of ether oxygens (including phenoxy) is 1. The third kappa shape index (κ3) is 2.25. The number of nitro groups is 1. The molecular weight excluding hydrogens is 256 g/mol. The third-order valence-electron chi connectivity index (χ3n) is 2.45. The molecule has 0 unspecified atom stereocenters. The molecule has 0 aliphatic rings. The van der Waals surface area contributed by atoms with Crippen LogP contribution in [0.1, 0.15) is 15.2 Å². The zero-order valence-electron chi connectivity index (χ0n) is 9.53. The molecule has 0 N–H and O–H groups in total. The van der Waals surface area contributed by atoms with Gasteiger partial charge in [0.05, 0.1) is 13.3 Å². The van der Waals surface area contributed by atoms with E-state index >= 15 is 0 Å². The van der Waals surface area contributed by atoms with E-state index in [1.807, 2.05) is 0 Å². The maximum absolute atomic E-state index is 11.5. The molecule has 7 heteroatoms. The summed E-state index contributed by atoms with van der Waals surface area (Å²) in [6.07, 6.45) is 1.61. The Morgan fingerprint density at radius 2 is 2.33 bits per heavy atom. The molecule has 6 nitrogen and oxygen atoms in total. The van der Waals surface area contributed by atoms with Gasteiger partial charge in [-0.2, -0.15) is 0 Å². The molecule has 2 rings (SSSR count). The van der Waals surface area contributed by atoms with Crippen LogP contribution in [-0.4, -0.2) is 22.6 Å². The van der Waals surface area contributed by atoms with Gasteiger partial charge >= 0.3 is 11.8 Å². The molecule has 0 atom stereocenters. The molecule has 2 heterocycles. The van der Waals surface area contributed by atoms with Crippen molar-refractivity contribution in [2.24, 2.45) is 0 Å². The Bertz CT molecular complexity index is 587. The van der Waals surface area contributed by atoms with E-state index in [1.54, 1.807) is 23.7 Å². The van der Waals surface area contributed by atoms with Crippen LogP contribution in [0.5, 0.6) is 0 Å². The fourth-order valence-corrected chi connectivity index (χ4v) is 2.45. The molecule has 0 aliphatic carbocycles. The van der Waals surface area contributed by atoms with Crippen molar-refractivity contribution in [2.75, 3.05) is 7.11 Å². The van der Waals surface area contributed by atoms with Crippen molar-refractivity contribution in [3.63, 3.8) is 0 Å².